The fourth-order valence-corrected chi connectivity index (χ4v) is 2.74. The van der Waals surface area contributed by atoms with Crippen molar-refractivity contribution in [2.75, 3.05) is 31.3 Å². The molecular weight excluding hydrogens is 322 g/mol. The number of anilines is 1. The molecule has 0 saturated carbocycles. The Morgan fingerprint density at radius 1 is 1.28 bits per heavy atom. The van der Waals surface area contributed by atoms with E-state index in [0.717, 1.165) is 25.2 Å². The second kappa shape index (κ2) is 8.53. The zero-order valence-electron chi connectivity index (χ0n) is 14.3. The monoisotopic (exact) mass is 345 g/mol. The molecule has 0 bridgehead atoms. The van der Waals surface area contributed by atoms with Gasteiger partial charge in [0.05, 0.1) is 19.3 Å². The number of aromatic amines is 1. The zero-order valence-corrected chi connectivity index (χ0v) is 14.3. The molecule has 134 valence electrons. The average molecular weight is 345 g/mol. The summed E-state index contributed by atoms with van der Waals surface area (Å²) in [5, 5.41) is 6.86. The van der Waals surface area contributed by atoms with Crippen molar-refractivity contribution in [3.63, 3.8) is 0 Å². The van der Waals surface area contributed by atoms with Gasteiger partial charge in [-0.2, -0.15) is 5.10 Å². The number of benzene rings is 1. The van der Waals surface area contributed by atoms with Gasteiger partial charge in [0.2, 0.25) is 0 Å². The number of amides is 1. The van der Waals surface area contributed by atoms with Crippen molar-refractivity contribution in [1.29, 1.82) is 0 Å². The topological polar surface area (TPSA) is 76.7 Å². The first kappa shape index (κ1) is 17.3. The van der Waals surface area contributed by atoms with E-state index in [1.165, 1.54) is 0 Å². The lowest BCUT2D eigenvalue weighted by atomic mass is 10.2. The van der Waals surface area contributed by atoms with Crippen LogP contribution in [0.5, 0.6) is 11.5 Å². The molecule has 1 saturated heterocycles. The molecule has 1 atom stereocenters. The average Bonchev–Trinajstić information content (AvgIpc) is 3.33. The van der Waals surface area contributed by atoms with Crippen molar-refractivity contribution in [1.82, 2.24) is 10.2 Å². The third-order valence-corrected chi connectivity index (χ3v) is 3.97. The van der Waals surface area contributed by atoms with E-state index in [0.29, 0.717) is 24.7 Å². The number of rotatable bonds is 8. The molecule has 1 aliphatic rings. The molecule has 0 spiro atoms. The number of carbonyl (C=O) groups is 1. The van der Waals surface area contributed by atoms with E-state index in [-0.39, 0.29) is 18.6 Å². The standard InChI is InChI=1S/C18H23N3O4/c1-2-23-14-5-7-15(8-6-14)25-13-18(22)21(17-9-10-19-20-17)12-16-4-3-11-24-16/h5-10,16H,2-4,11-13H2,1H3,(H,19,20). The molecule has 3 rings (SSSR count). The molecule has 1 unspecified atom stereocenters. The Kier molecular flexibility index (Phi) is 5.90. The third-order valence-electron chi connectivity index (χ3n) is 3.97. The summed E-state index contributed by atoms with van der Waals surface area (Å²) < 4.78 is 16.7. The Morgan fingerprint density at radius 2 is 2.04 bits per heavy atom. The van der Waals surface area contributed by atoms with Crippen molar-refractivity contribution in [3.05, 3.63) is 36.5 Å². The predicted octanol–water partition coefficient (Wildman–Crippen LogP) is 2.40. The molecule has 7 nitrogen and oxygen atoms in total. The SMILES string of the molecule is CCOc1ccc(OCC(=O)N(CC2CCCO2)c2cc[nH]n2)cc1. The summed E-state index contributed by atoms with van der Waals surface area (Å²) in [5.74, 6) is 1.82. The normalized spacial score (nSPS) is 16.6. The highest BCUT2D eigenvalue weighted by molar-refractivity contribution is 5.93. The van der Waals surface area contributed by atoms with E-state index in [1.807, 2.05) is 19.1 Å². The van der Waals surface area contributed by atoms with Crippen molar-refractivity contribution in [2.45, 2.75) is 25.9 Å². The maximum Gasteiger partial charge on any atom is 0.266 e. The van der Waals surface area contributed by atoms with Crippen LogP contribution in [0, 0.1) is 0 Å². The first-order chi connectivity index (χ1) is 12.3. The first-order valence-corrected chi connectivity index (χ1v) is 8.53. The second-order valence-corrected chi connectivity index (χ2v) is 5.76. The van der Waals surface area contributed by atoms with Gasteiger partial charge in [-0.25, -0.2) is 0 Å². The minimum Gasteiger partial charge on any atom is -0.494 e. The van der Waals surface area contributed by atoms with Gasteiger partial charge in [0.15, 0.2) is 12.4 Å². The minimum atomic E-state index is -0.156. The third kappa shape index (κ3) is 4.73. The molecule has 2 heterocycles. The number of nitrogens with one attached hydrogen (secondary N) is 1. The van der Waals surface area contributed by atoms with E-state index >= 15 is 0 Å². The Morgan fingerprint density at radius 3 is 2.64 bits per heavy atom. The maximum atomic E-state index is 12.6. The van der Waals surface area contributed by atoms with E-state index < -0.39 is 0 Å². The van der Waals surface area contributed by atoms with Crippen LogP contribution in [0.3, 0.4) is 0 Å². The largest absolute Gasteiger partial charge is 0.494 e. The minimum absolute atomic E-state index is 0.0473. The van der Waals surface area contributed by atoms with Crippen molar-refractivity contribution >= 4 is 11.7 Å². The molecule has 1 aromatic carbocycles. The van der Waals surface area contributed by atoms with Gasteiger partial charge < -0.3 is 14.2 Å². The Hall–Kier alpha value is -2.54. The molecule has 7 heteroatoms. The first-order valence-electron chi connectivity index (χ1n) is 8.53. The zero-order chi connectivity index (χ0) is 17.5. The molecule has 1 aromatic heterocycles. The van der Waals surface area contributed by atoms with Gasteiger partial charge >= 0.3 is 0 Å². The lowest BCUT2D eigenvalue weighted by Gasteiger charge is -2.23. The van der Waals surface area contributed by atoms with Crippen LogP contribution in [0.15, 0.2) is 36.5 Å². The highest BCUT2D eigenvalue weighted by Gasteiger charge is 2.25. The molecule has 1 fully saturated rings. The van der Waals surface area contributed by atoms with E-state index in [1.54, 1.807) is 29.3 Å². The van der Waals surface area contributed by atoms with E-state index in [2.05, 4.69) is 10.2 Å². The van der Waals surface area contributed by atoms with Gasteiger partial charge in [0.25, 0.3) is 5.91 Å². The number of carbonyl (C=O) groups excluding carboxylic acids is 1. The van der Waals surface area contributed by atoms with Gasteiger partial charge in [-0.1, -0.05) is 0 Å². The van der Waals surface area contributed by atoms with Crippen molar-refractivity contribution in [3.8, 4) is 11.5 Å². The second-order valence-electron chi connectivity index (χ2n) is 5.76. The number of hydrogen-bond donors (Lipinski definition) is 1. The fraction of sp³-hybridized carbons (Fsp3) is 0.444. The van der Waals surface area contributed by atoms with Crippen LogP contribution in [0.25, 0.3) is 0 Å². The summed E-state index contributed by atoms with van der Waals surface area (Å²) in [4.78, 5) is 14.3. The van der Waals surface area contributed by atoms with E-state index in [9.17, 15) is 4.79 Å². The summed E-state index contributed by atoms with van der Waals surface area (Å²) in [6.45, 7) is 3.71. The Labute approximate surface area is 146 Å². The number of hydrogen-bond acceptors (Lipinski definition) is 5. The van der Waals surface area contributed by atoms with Crippen LogP contribution in [0.2, 0.25) is 0 Å². The van der Waals surface area contributed by atoms with Crippen LogP contribution < -0.4 is 14.4 Å². The highest BCUT2D eigenvalue weighted by atomic mass is 16.5. The van der Waals surface area contributed by atoms with Gasteiger partial charge in [-0.3, -0.25) is 14.8 Å². The van der Waals surface area contributed by atoms with Crippen LogP contribution in [0.4, 0.5) is 5.82 Å². The van der Waals surface area contributed by atoms with Crippen molar-refractivity contribution < 1.29 is 19.0 Å². The number of ether oxygens (including phenoxy) is 3. The van der Waals surface area contributed by atoms with Crippen LogP contribution in [-0.4, -0.2) is 48.6 Å². The molecular formula is C18H23N3O4. The van der Waals surface area contributed by atoms with Crippen LogP contribution >= 0.6 is 0 Å². The Bertz CT molecular complexity index is 651. The Balaban J connectivity index is 1.59. The molecule has 25 heavy (non-hydrogen) atoms. The van der Waals surface area contributed by atoms with E-state index in [4.69, 9.17) is 14.2 Å². The van der Waals surface area contributed by atoms with Gasteiger partial charge in [-0.05, 0) is 44.0 Å². The fourth-order valence-electron chi connectivity index (χ4n) is 2.74. The van der Waals surface area contributed by atoms with Gasteiger partial charge in [0.1, 0.15) is 11.5 Å². The quantitative estimate of drug-likeness (QED) is 0.795. The molecule has 0 radical (unpaired) electrons. The maximum absolute atomic E-state index is 12.6. The van der Waals surface area contributed by atoms with Gasteiger partial charge in [-0.15, -0.1) is 0 Å². The summed E-state index contributed by atoms with van der Waals surface area (Å²) in [6, 6.07) is 8.99. The summed E-state index contributed by atoms with van der Waals surface area (Å²) >= 11 is 0. The van der Waals surface area contributed by atoms with Crippen LogP contribution in [0.1, 0.15) is 19.8 Å². The summed E-state index contributed by atoms with van der Waals surface area (Å²) in [7, 11) is 0. The smallest absolute Gasteiger partial charge is 0.266 e. The lowest BCUT2D eigenvalue weighted by Crippen LogP contribution is -2.40. The van der Waals surface area contributed by atoms with Crippen LogP contribution in [-0.2, 0) is 9.53 Å². The lowest BCUT2D eigenvalue weighted by molar-refractivity contribution is -0.121. The predicted molar refractivity (Wildman–Crippen MR) is 93.0 cm³/mol. The number of nitrogens with zero attached hydrogens (tertiary/aromatic N) is 2. The number of aromatic nitrogens is 2. The summed E-state index contributed by atoms with van der Waals surface area (Å²) in [5.41, 5.74) is 0. The molecule has 1 N–H and O–H groups in total. The molecule has 0 aliphatic carbocycles. The van der Waals surface area contributed by atoms with Crippen molar-refractivity contribution in [2.24, 2.45) is 0 Å². The highest BCUT2D eigenvalue weighted by Crippen LogP contribution is 2.20. The molecule has 2 aromatic rings. The molecule has 1 aliphatic heterocycles. The number of H-pyrrole nitrogens is 1. The van der Waals surface area contributed by atoms with Gasteiger partial charge in [0, 0.05) is 18.9 Å². The molecule has 1 amide bonds. The summed E-state index contributed by atoms with van der Waals surface area (Å²) in [6.07, 6.45) is 3.72.